The fourth-order valence-electron chi connectivity index (χ4n) is 1.89. The van der Waals surface area contributed by atoms with E-state index in [2.05, 4.69) is 4.99 Å². The first-order valence-electron chi connectivity index (χ1n) is 6.45. The van der Waals surface area contributed by atoms with Crippen LogP contribution in [0.5, 0.6) is 5.75 Å². The second-order valence-electron chi connectivity index (χ2n) is 4.50. The van der Waals surface area contributed by atoms with Gasteiger partial charge in [-0.1, -0.05) is 12.1 Å². The van der Waals surface area contributed by atoms with Gasteiger partial charge in [0.1, 0.15) is 28.9 Å². The molecule has 0 fully saturated rings. The van der Waals surface area contributed by atoms with E-state index in [0.717, 1.165) is 12.1 Å². The highest BCUT2D eigenvalue weighted by Crippen LogP contribution is 2.26. The molecule has 0 spiro atoms. The molecule has 0 amide bonds. The van der Waals surface area contributed by atoms with Crippen molar-refractivity contribution >= 4 is 17.3 Å². The number of aliphatic imine (C=N–C) groups is 1. The molecular weight excluding hydrogens is 290 g/mol. The highest BCUT2D eigenvalue weighted by atomic mass is 19.1. The average molecular weight is 304 g/mol. The van der Waals surface area contributed by atoms with Crippen molar-refractivity contribution in [2.45, 2.75) is 6.42 Å². The second-order valence-corrected chi connectivity index (χ2v) is 4.50. The minimum absolute atomic E-state index is 0.0122. The summed E-state index contributed by atoms with van der Waals surface area (Å²) in [4.78, 5) is 16.1. The Kier molecular flexibility index (Phi) is 4.83. The number of hydrogen-bond acceptors (Lipinski definition) is 3. The Bertz CT molecular complexity index is 730. The number of hydrogen-bond donors (Lipinski definition) is 1. The predicted molar refractivity (Wildman–Crippen MR) is 79.6 cm³/mol. The fourth-order valence-corrected chi connectivity index (χ4v) is 1.89. The standard InChI is InChI=1S/C16H14F2N2O2/c1-22-15-5-3-2-4-13(15)20-16(19)9-14(21)11-7-6-10(17)8-12(11)18/h2-8H,9H2,1H3,(H2,19,20). The summed E-state index contributed by atoms with van der Waals surface area (Å²) in [5, 5.41) is 0. The molecule has 2 rings (SSSR count). The Labute approximate surface area is 126 Å². The van der Waals surface area contributed by atoms with E-state index in [1.54, 1.807) is 24.3 Å². The molecule has 6 heteroatoms. The van der Waals surface area contributed by atoms with Crippen LogP contribution in [0.2, 0.25) is 0 Å². The first kappa shape index (κ1) is 15.6. The van der Waals surface area contributed by atoms with Gasteiger partial charge in [0, 0.05) is 6.07 Å². The van der Waals surface area contributed by atoms with Crippen LogP contribution in [0, 0.1) is 11.6 Å². The van der Waals surface area contributed by atoms with Crippen LogP contribution < -0.4 is 10.5 Å². The van der Waals surface area contributed by atoms with Crippen LogP contribution in [0.15, 0.2) is 47.5 Å². The van der Waals surface area contributed by atoms with Gasteiger partial charge in [-0.25, -0.2) is 13.8 Å². The summed E-state index contributed by atoms with van der Waals surface area (Å²) in [6, 6.07) is 9.65. The van der Waals surface area contributed by atoms with E-state index in [9.17, 15) is 13.6 Å². The quantitative estimate of drug-likeness (QED) is 0.524. The number of rotatable bonds is 5. The molecule has 2 aromatic rings. The third-order valence-electron chi connectivity index (χ3n) is 2.92. The minimum atomic E-state index is -0.921. The number of methoxy groups -OCH3 is 1. The zero-order valence-electron chi connectivity index (χ0n) is 11.8. The third kappa shape index (κ3) is 3.66. The normalized spacial score (nSPS) is 11.3. The summed E-state index contributed by atoms with van der Waals surface area (Å²) >= 11 is 0. The number of ketones is 1. The highest BCUT2D eigenvalue weighted by molar-refractivity contribution is 6.09. The Morgan fingerprint density at radius 3 is 2.64 bits per heavy atom. The summed E-state index contributed by atoms with van der Waals surface area (Å²) in [7, 11) is 1.49. The van der Waals surface area contributed by atoms with E-state index in [0.29, 0.717) is 17.5 Å². The topological polar surface area (TPSA) is 64.7 Å². The Morgan fingerprint density at radius 2 is 1.95 bits per heavy atom. The number of carbonyl (C=O) groups excluding carboxylic acids is 1. The van der Waals surface area contributed by atoms with E-state index >= 15 is 0 Å². The number of benzene rings is 2. The minimum Gasteiger partial charge on any atom is -0.494 e. The highest BCUT2D eigenvalue weighted by Gasteiger charge is 2.14. The van der Waals surface area contributed by atoms with Crippen molar-refractivity contribution in [1.29, 1.82) is 0 Å². The van der Waals surface area contributed by atoms with E-state index in [1.165, 1.54) is 7.11 Å². The van der Waals surface area contributed by atoms with Crippen molar-refractivity contribution in [1.82, 2.24) is 0 Å². The largest absolute Gasteiger partial charge is 0.494 e. The monoisotopic (exact) mass is 304 g/mol. The van der Waals surface area contributed by atoms with Gasteiger partial charge in [0.2, 0.25) is 0 Å². The third-order valence-corrected chi connectivity index (χ3v) is 2.92. The lowest BCUT2D eigenvalue weighted by molar-refractivity contribution is 0.0996. The summed E-state index contributed by atoms with van der Waals surface area (Å²) in [6.07, 6.45) is -0.277. The first-order valence-corrected chi connectivity index (χ1v) is 6.45. The average Bonchev–Trinajstić information content (AvgIpc) is 2.47. The zero-order chi connectivity index (χ0) is 16.1. The number of nitrogens with two attached hydrogens (primary N) is 1. The molecule has 0 atom stereocenters. The number of ether oxygens (including phenoxy) is 1. The maximum Gasteiger partial charge on any atom is 0.173 e. The Hall–Kier alpha value is -2.76. The van der Waals surface area contributed by atoms with Crippen LogP contribution in [0.1, 0.15) is 16.8 Å². The molecule has 0 aromatic heterocycles. The molecule has 0 radical (unpaired) electrons. The number of halogens is 2. The lowest BCUT2D eigenvalue weighted by Gasteiger charge is -2.06. The van der Waals surface area contributed by atoms with Gasteiger partial charge < -0.3 is 10.5 Å². The molecule has 114 valence electrons. The van der Waals surface area contributed by atoms with E-state index in [-0.39, 0.29) is 17.8 Å². The fraction of sp³-hybridized carbons (Fsp3) is 0.125. The molecule has 0 unspecified atom stereocenters. The van der Waals surface area contributed by atoms with Gasteiger partial charge >= 0.3 is 0 Å². The van der Waals surface area contributed by atoms with Gasteiger partial charge in [-0.15, -0.1) is 0 Å². The van der Waals surface area contributed by atoms with E-state index in [4.69, 9.17) is 10.5 Å². The molecule has 0 heterocycles. The summed E-state index contributed by atoms with van der Waals surface area (Å²) in [5.74, 6) is -1.72. The van der Waals surface area contributed by atoms with Crippen LogP contribution in [-0.2, 0) is 0 Å². The SMILES string of the molecule is COc1ccccc1N=C(N)CC(=O)c1ccc(F)cc1F. The number of Topliss-reactive ketones (excluding diaryl/α,β-unsaturated/α-hetero) is 1. The number of para-hydroxylation sites is 2. The van der Waals surface area contributed by atoms with Crippen LogP contribution in [0.25, 0.3) is 0 Å². The zero-order valence-corrected chi connectivity index (χ0v) is 11.8. The van der Waals surface area contributed by atoms with Crippen molar-refractivity contribution in [3.05, 3.63) is 59.7 Å². The number of nitrogens with zero attached hydrogens (tertiary/aromatic N) is 1. The summed E-state index contributed by atoms with van der Waals surface area (Å²) < 4.78 is 31.5. The molecule has 0 aliphatic rings. The van der Waals surface area contributed by atoms with Gasteiger partial charge in [-0.2, -0.15) is 0 Å². The maximum atomic E-state index is 13.5. The molecular formula is C16H14F2N2O2. The molecule has 2 aromatic carbocycles. The second kappa shape index (κ2) is 6.80. The lowest BCUT2D eigenvalue weighted by atomic mass is 10.1. The maximum absolute atomic E-state index is 13.5. The van der Waals surface area contributed by atoms with Gasteiger partial charge in [-0.05, 0) is 24.3 Å². The molecule has 2 N–H and O–H groups in total. The molecule has 0 saturated carbocycles. The Balaban J connectivity index is 2.19. The van der Waals surface area contributed by atoms with E-state index in [1.807, 2.05) is 0 Å². The Morgan fingerprint density at radius 1 is 1.23 bits per heavy atom. The molecule has 0 aliphatic carbocycles. The van der Waals surface area contributed by atoms with Gasteiger partial charge in [0.05, 0.1) is 19.1 Å². The summed E-state index contributed by atoms with van der Waals surface area (Å²) in [6.45, 7) is 0. The number of carbonyl (C=O) groups is 1. The van der Waals surface area contributed by atoms with Gasteiger partial charge in [0.15, 0.2) is 5.78 Å². The molecule has 0 saturated heterocycles. The number of amidine groups is 1. The van der Waals surface area contributed by atoms with Crippen LogP contribution in [-0.4, -0.2) is 18.7 Å². The smallest absolute Gasteiger partial charge is 0.173 e. The van der Waals surface area contributed by atoms with Crippen molar-refractivity contribution in [2.24, 2.45) is 10.7 Å². The van der Waals surface area contributed by atoms with Crippen molar-refractivity contribution < 1.29 is 18.3 Å². The van der Waals surface area contributed by atoms with Crippen LogP contribution >= 0.6 is 0 Å². The van der Waals surface area contributed by atoms with Gasteiger partial charge in [0.25, 0.3) is 0 Å². The molecule has 22 heavy (non-hydrogen) atoms. The van der Waals surface area contributed by atoms with Gasteiger partial charge in [-0.3, -0.25) is 4.79 Å². The lowest BCUT2D eigenvalue weighted by Crippen LogP contribution is -2.17. The molecule has 4 nitrogen and oxygen atoms in total. The molecule has 0 bridgehead atoms. The van der Waals surface area contributed by atoms with Crippen molar-refractivity contribution in [2.75, 3.05) is 7.11 Å². The van der Waals surface area contributed by atoms with Crippen LogP contribution in [0.4, 0.5) is 14.5 Å². The van der Waals surface area contributed by atoms with E-state index < -0.39 is 17.4 Å². The van der Waals surface area contributed by atoms with Crippen molar-refractivity contribution in [3.8, 4) is 5.75 Å². The first-order chi connectivity index (χ1) is 10.5. The molecule has 0 aliphatic heterocycles. The van der Waals surface area contributed by atoms with Crippen LogP contribution in [0.3, 0.4) is 0 Å². The van der Waals surface area contributed by atoms with Crippen molar-refractivity contribution in [3.63, 3.8) is 0 Å². The predicted octanol–water partition coefficient (Wildman–Crippen LogP) is 3.24. The summed E-state index contributed by atoms with van der Waals surface area (Å²) in [5.41, 5.74) is 5.97.